The molecule has 114 valence electrons. The Hall–Kier alpha value is -0.770. The van der Waals surface area contributed by atoms with Crippen molar-refractivity contribution in [3.05, 3.63) is 33.8 Å². The van der Waals surface area contributed by atoms with Gasteiger partial charge in [0.05, 0.1) is 6.42 Å². The van der Waals surface area contributed by atoms with Gasteiger partial charge in [0.2, 0.25) is 5.91 Å². The van der Waals surface area contributed by atoms with Crippen LogP contribution in [0.4, 0.5) is 0 Å². The number of piperidine rings is 1. The second-order valence-electron chi connectivity index (χ2n) is 6.18. The van der Waals surface area contributed by atoms with Crippen LogP contribution in [-0.4, -0.2) is 37.0 Å². The second-order valence-corrected chi connectivity index (χ2v) is 7.00. The number of likely N-dealkylation sites (tertiary alicyclic amines) is 1. The maximum atomic E-state index is 12.5. The Labute approximate surface area is 135 Å². The van der Waals surface area contributed by atoms with Crippen molar-refractivity contribution >= 4 is 29.1 Å². The lowest BCUT2D eigenvalue weighted by molar-refractivity contribution is -0.132. The van der Waals surface area contributed by atoms with E-state index in [0.29, 0.717) is 21.9 Å². The third kappa shape index (κ3) is 3.20. The first kappa shape index (κ1) is 15.1. The zero-order chi connectivity index (χ0) is 14.9. The van der Waals surface area contributed by atoms with Gasteiger partial charge in [0.1, 0.15) is 0 Å². The highest BCUT2D eigenvalue weighted by Gasteiger charge is 2.38. The molecule has 0 aliphatic carbocycles. The highest BCUT2D eigenvalue weighted by atomic mass is 35.5. The van der Waals surface area contributed by atoms with Crippen molar-refractivity contribution < 1.29 is 4.79 Å². The average molecular weight is 327 g/mol. The molecule has 1 N–H and O–H groups in total. The van der Waals surface area contributed by atoms with Gasteiger partial charge >= 0.3 is 0 Å². The molecule has 0 atom stereocenters. The molecular weight excluding hydrogens is 307 g/mol. The lowest BCUT2D eigenvalue weighted by Gasteiger charge is -2.39. The Balaban J connectivity index is 1.62. The molecule has 0 aromatic heterocycles. The van der Waals surface area contributed by atoms with Gasteiger partial charge in [-0.15, -0.1) is 0 Å². The van der Waals surface area contributed by atoms with Crippen molar-refractivity contribution in [3.63, 3.8) is 0 Å². The first-order valence-electron chi connectivity index (χ1n) is 7.51. The van der Waals surface area contributed by atoms with E-state index in [4.69, 9.17) is 23.2 Å². The minimum atomic E-state index is 0.130. The molecule has 2 aliphatic heterocycles. The molecule has 2 aliphatic rings. The van der Waals surface area contributed by atoms with Crippen molar-refractivity contribution in [2.24, 2.45) is 5.41 Å². The van der Waals surface area contributed by atoms with Gasteiger partial charge in [0, 0.05) is 29.7 Å². The van der Waals surface area contributed by atoms with Crippen molar-refractivity contribution in [3.8, 4) is 0 Å². The van der Waals surface area contributed by atoms with Crippen molar-refractivity contribution in [1.82, 2.24) is 10.2 Å². The van der Waals surface area contributed by atoms with Gasteiger partial charge in [0.25, 0.3) is 0 Å². The van der Waals surface area contributed by atoms with E-state index in [1.807, 2.05) is 4.90 Å². The van der Waals surface area contributed by atoms with Crippen molar-refractivity contribution in [2.75, 3.05) is 26.2 Å². The lowest BCUT2D eigenvalue weighted by Crippen LogP contribution is -2.44. The van der Waals surface area contributed by atoms with Crippen LogP contribution in [0.2, 0.25) is 10.0 Å². The molecule has 1 spiro atoms. The summed E-state index contributed by atoms with van der Waals surface area (Å²) in [5.74, 6) is 0.130. The fraction of sp³-hybridized carbons (Fsp3) is 0.562. The Bertz CT molecular complexity index is 511. The second kappa shape index (κ2) is 6.15. The van der Waals surface area contributed by atoms with Gasteiger partial charge in [-0.05, 0) is 48.9 Å². The zero-order valence-corrected chi connectivity index (χ0v) is 13.5. The number of halogens is 2. The maximum Gasteiger partial charge on any atom is 0.227 e. The summed E-state index contributed by atoms with van der Waals surface area (Å²) in [6, 6.07) is 5.37. The van der Waals surface area contributed by atoms with E-state index in [9.17, 15) is 4.79 Å². The van der Waals surface area contributed by atoms with Crippen LogP contribution >= 0.6 is 23.2 Å². The number of carbonyl (C=O) groups is 1. The number of hydrogen-bond donors (Lipinski definition) is 1. The summed E-state index contributed by atoms with van der Waals surface area (Å²) in [7, 11) is 0. The van der Waals surface area contributed by atoms with E-state index < -0.39 is 0 Å². The zero-order valence-electron chi connectivity index (χ0n) is 12.0. The summed E-state index contributed by atoms with van der Waals surface area (Å²) in [6.07, 6.45) is 3.74. The molecule has 2 saturated heterocycles. The SMILES string of the molecule is O=C(Cc1c(Cl)cccc1Cl)N1CCC2(CCNC2)CC1. The van der Waals surface area contributed by atoms with E-state index in [2.05, 4.69) is 5.32 Å². The molecule has 3 rings (SSSR count). The Morgan fingerprint density at radius 2 is 1.86 bits per heavy atom. The summed E-state index contributed by atoms with van der Waals surface area (Å²) >= 11 is 12.3. The molecule has 2 fully saturated rings. The monoisotopic (exact) mass is 326 g/mol. The van der Waals surface area contributed by atoms with Gasteiger partial charge < -0.3 is 10.2 Å². The van der Waals surface area contributed by atoms with Crippen LogP contribution < -0.4 is 5.32 Å². The lowest BCUT2D eigenvalue weighted by atomic mass is 9.78. The van der Waals surface area contributed by atoms with Crippen LogP contribution in [0, 0.1) is 5.41 Å². The van der Waals surface area contributed by atoms with Gasteiger partial charge in [-0.3, -0.25) is 4.79 Å². The first-order valence-corrected chi connectivity index (χ1v) is 8.27. The highest BCUT2D eigenvalue weighted by Crippen LogP contribution is 2.37. The molecule has 3 nitrogen and oxygen atoms in total. The van der Waals surface area contributed by atoms with Gasteiger partial charge in [-0.25, -0.2) is 0 Å². The first-order chi connectivity index (χ1) is 10.1. The largest absolute Gasteiger partial charge is 0.342 e. The summed E-state index contributed by atoms with van der Waals surface area (Å²) in [4.78, 5) is 14.4. The van der Waals surface area contributed by atoms with Crippen LogP contribution in [0.15, 0.2) is 18.2 Å². The van der Waals surface area contributed by atoms with Crippen molar-refractivity contribution in [2.45, 2.75) is 25.7 Å². The number of hydrogen-bond acceptors (Lipinski definition) is 2. The number of nitrogens with one attached hydrogen (secondary N) is 1. The number of rotatable bonds is 2. The Morgan fingerprint density at radius 3 is 2.43 bits per heavy atom. The minimum Gasteiger partial charge on any atom is -0.342 e. The molecule has 0 unspecified atom stereocenters. The molecule has 0 bridgehead atoms. The smallest absolute Gasteiger partial charge is 0.227 e. The number of benzene rings is 1. The van der Waals surface area contributed by atoms with E-state index in [0.717, 1.165) is 44.6 Å². The van der Waals surface area contributed by atoms with Gasteiger partial charge in [0.15, 0.2) is 0 Å². The predicted octanol–water partition coefficient (Wildman–Crippen LogP) is 3.14. The summed E-state index contributed by atoms with van der Waals surface area (Å²) < 4.78 is 0. The molecule has 21 heavy (non-hydrogen) atoms. The van der Waals surface area contributed by atoms with Gasteiger partial charge in [-0.1, -0.05) is 29.3 Å². The quantitative estimate of drug-likeness (QED) is 0.905. The highest BCUT2D eigenvalue weighted by molar-refractivity contribution is 6.36. The molecular formula is C16H20Cl2N2O. The number of amides is 1. The van der Waals surface area contributed by atoms with E-state index in [1.165, 1.54) is 6.42 Å². The summed E-state index contributed by atoms with van der Waals surface area (Å²) in [6.45, 7) is 3.92. The third-order valence-electron chi connectivity index (χ3n) is 4.90. The van der Waals surface area contributed by atoms with Crippen molar-refractivity contribution in [1.29, 1.82) is 0 Å². The molecule has 0 saturated carbocycles. The standard InChI is InChI=1S/C16H20Cl2N2O/c17-13-2-1-3-14(18)12(13)10-15(21)20-8-5-16(6-9-20)4-7-19-11-16/h1-3,19H,4-11H2. The molecule has 1 aromatic carbocycles. The fourth-order valence-electron chi connectivity index (χ4n) is 3.42. The molecule has 1 aromatic rings. The Kier molecular flexibility index (Phi) is 4.43. The normalized spacial score (nSPS) is 21.0. The topological polar surface area (TPSA) is 32.3 Å². The molecule has 0 radical (unpaired) electrons. The summed E-state index contributed by atoms with van der Waals surface area (Å²) in [5, 5.41) is 4.59. The predicted molar refractivity (Wildman–Crippen MR) is 85.9 cm³/mol. The molecule has 2 heterocycles. The van der Waals surface area contributed by atoms with Crippen LogP contribution in [-0.2, 0) is 11.2 Å². The Morgan fingerprint density at radius 1 is 1.19 bits per heavy atom. The van der Waals surface area contributed by atoms with E-state index in [1.54, 1.807) is 18.2 Å². The summed E-state index contributed by atoms with van der Waals surface area (Å²) in [5.41, 5.74) is 1.17. The van der Waals surface area contributed by atoms with Crippen LogP contribution in [0.25, 0.3) is 0 Å². The van der Waals surface area contributed by atoms with Crippen LogP contribution in [0.3, 0.4) is 0 Å². The van der Waals surface area contributed by atoms with E-state index >= 15 is 0 Å². The number of nitrogens with zero attached hydrogens (tertiary/aromatic N) is 1. The molecule has 5 heteroatoms. The third-order valence-corrected chi connectivity index (χ3v) is 5.61. The number of carbonyl (C=O) groups excluding carboxylic acids is 1. The minimum absolute atomic E-state index is 0.130. The average Bonchev–Trinajstić information content (AvgIpc) is 2.92. The van der Waals surface area contributed by atoms with Crippen LogP contribution in [0.1, 0.15) is 24.8 Å². The fourth-order valence-corrected chi connectivity index (χ4v) is 3.95. The van der Waals surface area contributed by atoms with Gasteiger partial charge in [-0.2, -0.15) is 0 Å². The van der Waals surface area contributed by atoms with E-state index in [-0.39, 0.29) is 5.91 Å². The van der Waals surface area contributed by atoms with Crippen LogP contribution in [0.5, 0.6) is 0 Å². The maximum absolute atomic E-state index is 12.5. The molecule has 1 amide bonds.